The van der Waals surface area contributed by atoms with Crippen molar-refractivity contribution in [3.05, 3.63) is 24.3 Å². The zero-order valence-electron chi connectivity index (χ0n) is 6.53. The molecule has 1 aromatic carbocycles. The molecule has 1 rings (SSSR count). The van der Waals surface area contributed by atoms with E-state index in [9.17, 15) is 0 Å². The lowest BCUT2D eigenvalue weighted by Crippen LogP contribution is -1.88. The van der Waals surface area contributed by atoms with Crippen LogP contribution in [0.25, 0.3) is 0 Å². The van der Waals surface area contributed by atoms with E-state index in [0.29, 0.717) is 0 Å². The summed E-state index contributed by atoms with van der Waals surface area (Å²) in [5, 5.41) is 0. The van der Waals surface area contributed by atoms with Crippen LogP contribution in [0.3, 0.4) is 0 Å². The Balaban J connectivity index is 0.000001000. The third-order valence-electron chi connectivity index (χ3n) is 1.29. The summed E-state index contributed by atoms with van der Waals surface area (Å²) in [6.45, 7) is 0. The SMILES string of the molecule is COc1ccccc1OC.F. The van der Waals surface area contributed by atoms with Crippen molar-refractivity contribution < 1.29 is 14.2 Å². The van der Waals surface area contributed by atoms with Crippen molar-refractivity contribution in [1.29, 1.82) is 0 Å². The van der Waals surface area contributed by atoms with Gasteiger partial charge in [0.1, 0.15) is 0 Å². The third kappa shape index (κ3) is 2.11. The van der Waals surface area contributed by atoms with Gasteiger partial charge in [0.05, 0.1) is 14.2 Å². The Morgan fingerprint density at radius 3 is 1.55 bits per heavy atom. The Morgan fingerprint density at radius 1 is 0.909 bits per heavy atom. The average molecular weight is 158 g/mol. The highest BCUT2D eigenvalue weighted by atomic mass is 19.0. The van der Waals surface area contributed by atoms with Crippen LogP contribution >= 0.6 is 0 Å². The number of rotatable bonds is 2. The van der Waals surface area contributed by atoms with Crippen molar-refractivity contribution >= 4 is 0 Å². The Morgan fingerprint density at radius 2 is 1.27 bits per heavy atom. The minimum absolute atomic E-state index is 0. The van der Waals surface area contributed by atoms with Gasteiger partial charge in [0, 0.05) is 0 Å². The molecule has 0 amide bonds. The zero-order valence-corrected chi connectivity index (χ0v) is 6.53. The van der Waals surface area contributed by atoms with Gasteiger partial charge in [0.15, 0.2) is 11.5 Å². The van der Waals surface area contributed by atoms with E-state index in [1.165, 1.54) is 0 Å². The van der Waals surface area contributed by atoms with Crippen molar-refractivity contribution in [1.82, 2.24) is 0 Å². The molecule has 0 N–H and O–H groups in total. The van der Waals surface area contributed by atoms with Gasteiger partial charge in [-0.1, -0.05) is 12.1 Å². The molecule has 0 aliphatic heterocycles. The van der Waals surface area contributed by atoms with Crippen LogP contribution in [0.1, 0.15) is 0 Å². The van der Waals surface area contributed by atoms with Crippen molar-refractivity contribution in [3.8, 4) is 11.5 Å². The molecule has 0 saturated carbocycles. The lowest BCUT2D eigenvalue weighted by Gasteiger charge is -2.04. The van der Waals surface area contributed by atoms with E-state index in [-0.39, 0.29) is 4.70 Å². The van der Waals surface area contributed by atoms with Gasteiger partial charge >= 0.3 is 0 Å². The monoisotopic (exact) mass is 158 g/mol. The minimum atomic E-state index is 0. The van der Waals surface area contributed by atoms with Crippen LogP contribution in [0, 0.1) is 0 Å². The van der Waals surface area contributed by atoms with Crippen LogP contribution in [0.4, 0.5) is 4.70 Å². The third-order valence-corrected chi connectivity index (χ3v) is 1.29. The molecule has 0 radical (unpaired) electrons. The minimum Gasteiger partial charge on any atom is -0.493 e. The van der Waals surface area contributed by atoms with Crippen LogP contribution in [0.2, 0.25) is 0 Å². The van der Waals surface area contributed by atoms with Crippen LogP contribution < -0.4 is 9.47 Å². The molecule has 0 unspecified atom stereocenters. The number of benzene rings is 1. The van der Waals surface area contributed by atoms with E-state index < -0.39 is 0 Å². The van der Waals surface area contributed by atoms with Crippen molar-refractivity contribution in [2.24, 2.45) is 0 Å². The molecule has 0 aromatic heterocycles. The maximum atomic E-state index is 5.01. The average Bonchev–Trinajstić information content (AvgIpc) is 2.04. The first-order valence-electron chi connectivity index (χ1n) is 3.05. The highest BCUT2D eigenvalue weighted by molar-refractivity contribution is 5.38. The van der Waals surface area contributed by atoms with E-state index >= 15 is 0 Å². The fraction of sp³-hybridized carbons (Fsp3) is 0.250. The van der Waals surface area contributed by atoms with Crippen LogP contribution in [-0.4, -0.2) is 14.2 Å². The second kappa shape index (κ2) is 4.55. The number of ether oxygens (including phenoxy) is 2. The van der Waals surface area contributed by atoms with Gasteiger partial charge in [-0.05, 0) is 12.1 Å². The Hall–Kier alpha value is -1.25. The Kier molecular flexibility index (Phi) is 4.03. The molecule has 62 valence electrons. The molecule has 3 heteroatoms. The molecule has 0 saturated heterocycles. The highest BCUT2D eigenvalue weighted by Gasteiger charge is 1.97. The summed E-state index contributed by atoms with van der Waals surface area (Å²) in [7, 11) is 3.25. The van der Waals surface area contributed by atoms with Crippen LogP contribution in [-0.2, 0) is 0 Å². The smallest absolute Gasteiger partial charge is 0.160 e. The second-order valence-electron chi connectivity index (χ2n) is 1.85. The topological polar surface area (TPSA) is 18.5 Å². The number of hydrogen-bond acceptors (Lipinski definition) is 2. The fourth-order valence-electron chi connectivity index (χ4n) is 0.787. The predicted octanol–water partition coefficient (Wildman–Crippen LogP) is 1.86. The molecule has 0 bridgehead atoms. The first kappa shape index (κ1) is 9.75. The molecule has 2 nitrogen and oxygen atoms in total. The molecule has 1 aromatic rings. The number of halogens is 1. The quantitative estimate of drug-likeness (QED) is 0.654. The van der Waals surface area contributed by atoms with Gasteiger partial charge < -0.3 is 9.47 Å². The van der Waals surface area contributed by atoms with Crippen molar-refractivity contribution in [2.75, 3.05) is 14.2 Å². The normalized spacial score (nSPS) is 8.18. The molecule has 0 heterocycles. The predicted molar refractivity (Wildman–Crippen MR) is 42.0 cm³/mol. The van der Waals surface area contributed by atoms with Crippen LogP contribution in [0.5, 0.6) is 11.5 Å². The van der Waals surface area contributed by atoms with Gasteiger partial charge in [-0.15, -0.1) is 0 Å². The highest BCUT2D eigenvalue weighted by Crippen LogP contribution is 2.24. The van der Waals surface area contributed by atoms with Gasteiger partial charge in [-0.2, -0.15) is 0 Å². The zero-order chi connectivity index (χ0) is 7.40. The summed E-state index contributed by atoms with van der Waals surface area (Å²) >= 11 is 0. The summed E-state index contributed by atoms with van der Waals surface area (Å²) < 4.78 is 10.0. The molecule has 11 heavy (non-hydrogen) atoms. The van der Waals surface area contributed by atoms with Crippen LogP contribution in [0.15, 0.2) is 24.3 Å². The van der Waals surface area contributed by atoms with E-state index in [1.54, 1.807) is 14.2 Å². The summed E-state index contributed by atoms with van der Waals surface area (Å²) in [5.41, 5.74) is 0. The second-order valence-corrected chi connectivity index (χ2v) is 1.85. The first-order chi connectivity index (χ1) is 4.88. The summed E-state index contributed by atoms with van der Waals surface area (Å²) in [5.74, 6) is 1.54. The van der Waals surface area contributed by atoms with Gasteiger partial charge in [-0.25, -0.2) is 0 Å². The molecule has 0 fully saturated rings. The Labute approximate surface area is 65.1 Å². The summed E-state index contributed by atoms with van der Waals surface area (Å²) in [6.07, 6.45) is 0. The largest absolute Gasteiger partial charge is 0.493 e. The molecule has 0 atom stereocenters. The number of para-hydroxylation sites is 2. The maximum absolute atomic E-state index is 5.01. The van der Waals surface area contributed by atoms with E-state index in [0.717, 1.165) is 11.5 Å². The van der Waals surface area contributed by atoms with Gasteiger partial charge in [0.2, 0.25) is 0 Å². The number of hydrogen-bond donors (Lipinski definition) is 0. The summed E-state index contributed by atoms with van der Waals surface area (Å²) in [6, 6.07) is 7.53. The number of methoxy groups -OCH3 is 2. The van der Waals surface area contributed by atoms with Gasteiger partial charge in [0.25, 0.3) is 0 Å². The fourth-order valence-corrected chi connectivity index (χ4v) is 0.787. The lowest BCUT2D eigenvalue weighted by atomic mass is 10.3. The molecule has 0 spiro atoms. The lowest BCUT2D eigenvalue weighted by molar-refractivity contribution is 0.355. The van der Waals surface area contributed by atoms with E-state index in [1.807, 2.05) is 24.3 Å². The van der Waals surface area contributed by atoms with Crippen molar-refractivity contribution in [3.63, 3.8) is 0 Å². The van der Waals surface area contributed by atoms with Crippen molar-refractivity contribution in [2.45, 2.75) is 0 Å². The molecular formula is C8H11FO2. The summed E-state index contributed by atoms with van der Waals surface area (Å²) in [4.78, 5) is 0. The molecular weight excluding hydrogens is 147 g/mol. The maximum Gasteiger partial charge on any atom is 0.160 e. The molecule has 0 aliphatic carbocycles. The van der Waals surface area contributed by atoms with E-state index in [2.05, 4.69) is 0 Å². The first-order valence-corrected chi connectivity index (χ1v) is 3.05. The van der Waals surface area contributed by atoms with Gasteiger partial charge in [-0.3, -0.25) is 4.70 Å². The standard InChI is InChI=1S/C8H10O2.FH/c1-9-7-5-3-4-6-8(7)10-2;/h3-6H,1-2H3;1H. The molecule has 0 aliphatic rings. The Bertz CT molecular complexity index is 190. The van der Waals surface area contributed by atoms with E-state index in [4.69, 9.17) is 9.47 Å².